The van der Waals surface area contributed by atoms with Crippen LogP contribution in [0.25, 0.3) is 0 Å². The van der Waals surface area contributed by atoms with Crippen molar-refractivity contribution in [3.63, 3.8) is 0 Å². The zero-order valence-corrected chi connectivity index (χ0v) is 13.7. The van der Waals surface area contributed by atoms with E-state index in [1.165, 1.54) is 0 Å². The van der Waals surface area contributed by atoms with Gasteiger partial charge in [-0.2, -0.15) is 0 Å². The molecule has 128 valence electrons. The molecule has 0 aliphatic carbocycles. The molecule has 22 heavy (non-hydrogen) atoms. The van der Waals surface area contributed by atoms with E-state index in [9.17, 15) is 8.42 Å². The molecule has 0 saturated carbocycles. The number of nitrogens with one attached hydrogen (secondary N) is 1. The lowest BCUT2D eigenvalue weighted by Gasteiger charge is -2.27. The average Bonchev–Trinajstić information content (AvgIpc) is 2.55. The number of morpholine rings is 1. The molecule has 3 N–H and O–H groups in total. The van der Waals surface area contributed by atoms with Crippen molar-refractivity contribution in [1.82, 2.24) is 9.62 Å². The van der Waals surface area contributed by atoms with Crippen molar-refractivity contribution in [2.75, 3.05) is 51.8 Å². The summed E-state index contributed by atoms with van der Waals surface area (Å²) in [5, 5.41) is 0. The summed E-state index contributed by atoms with van der Waals surface area (Å²) < 4.78 is 37.2. The minimum atomic E-state index is -3.34. The van der Waals surface area contributed by atoms with Gasteiger partial charge in [0.1, 0.15) is 0 Å². The molecule has 1 unspecified atom stereocenters. The van der Waals surface area contributed by atoms with Gasteiger partial charge in [0.2, 0.25) is 10.0 Å². The van der Waals surface area contributed by atoms with E-state index in [0.717, 1.165) is 19.3 Å². The molecule has 2 aliphatic rings. The Kier molecular flexibility index (Phi) is 6.87. The number of guanidine groups is 1. The number of nitrogens with zero attached hydrogens (tertiary/aromatic N) is 2. The van der Waals surface area contributed by atoms with Gasteiger partial charge in [0.25, 0.3) is 0 Å². The van der Waals surface area contributed by atoms with Crippen LogP contribution in [0.15, 0.2) is 4.99 Å². The molecule has 2 rings (SSSR count). The lowest BCUT2D eigenvalue weighted by molar-refractivity contribution is 0.0200. The largest absolute Gasteiger partial charge is 0.378 e. The first-order valence-corrected chi connectivity index (χ1v) is 9.43. The van der Waals surface area contributed by atoms with E-state index in [0.29, 0.717) is 45.4 Å². The van der Waals surface area contributed by atoms with Crippen LogP contribution in [-0.2, 0) is 19.5 Å². The van der Waals surface area contributed by atoms with Gasteiger partial charge in [0.05, 0.1) is 31.6 Å². The zero-order valence-electron chi connectivity index (χ0n) is 12.9. The van der Waals surface area contributed by atoms with Crippen LogP contribution in [0.2, 0.25) is 0 Å². The number of ether oxygens (including phenoxy) is 2. The fraction of sp³-hybridized carbons (Fsp3) is 0.923. The Morgan fingerprint density at radius 1 is 1.27 bits per heavy atom. The smallest absolute Gasteiger partial charge is 0.213 e. The summed E-state index contributed by atoms with van der Waals surface area (Å²) in [7, 11) is -3.34. The van der Waals surface area contributed by atoms with Crippen molar-refractivity contribution in [1.29, 1.82) is 0 Å². The predicted octanol–water partition coefficient (Wildman–Crippen LogP) is -0.878. The maximum atomic E-state index is 11.9. The second-order valence-electron chi connectivity index (χ2n) is 5.50. The summed E-state index contributed by atoms with van der Waals surface area (Å²) >= 11 is 0. The minimum Gasteiger partial charge on any atom is -0.378 e. The minimum absolute atomic E-state index is 0.00885. The molecule has 8 nitrogen and oxygen atoms in total. The second-order valence-corrected chi connectivity index (χ2v) is 7.42. The highest BCUT2D eigenvalue weighted by Crippen LogP contribution is 2.11. The Morgan fingerprint density at radius 3 is 2.73 bits per heavy atom. The van der Waals surface area contributed by atoms with E-state index in [1.807, 2.05) is 4.90 Å². The lowest BCUT2D eigenvalue weighted by atomic mass is 10.1. The van der Waals surface area contributed by atoms with E-state index in [2.05, 4.69) is 9.71 Å². The molecule has 2 saturated heterocycles. The van der Waals surface area contributed by atoms with Crippen molar-refractivity contribution in [3.05, 3.63) is 0 Å². The van der Waals surface area contributed by atoms with Crippen LogP contribution < -0.4 is 10.5 Å². The number of rotatable bonds is 6. The SMILES string of the molecule is NC(=NCCS(=O)(=O)NCC1CCCCO1)N1CCOCC1. The molecule has 0 aromatic carbocycles. The zero-order chi connectivity index (χ0) is 15.8. The van der Waals surface area contributed by atoms with E-state index in [-0.39, 0.29) is 18.4 Å². The summed E-state index contributed by atoms with van der Waals surface area (Å²) in [4.78, 5) is 6.04. The second kappa shape index (κ2) is 8.66. The summed E-state index contributed by atoms with van der Waals surface area (Å²) in [5.74, 6) is 0.319. The van der Waals surface area contributed by atoms with Crippen molar-refractivity contribution in [2.45, 2.75) is 25.4 Å². The first-order chi connectivity index (χ1) is 10.6. The number of hydrogen-bond donors (Lipinski definition) is 2. The van der Waals surface area contributed by atoms with Gasteiger partial charge in [-0.15, -0.1) is 0 Å². The molecular formula is C13H26N4O4S. The summed E-state index contributed by atoms with van der Waals surface area (Å²) in [6, 6.07) is 0. The third-order valence-electron chi connectivity index (χ3n) is 3.77. The first kappa shape index (κ1) is 17.5. The molecule has 0 aromatic rings. The van der Waals surface area contributed by atoms with Gasteiger partial charge in [-0.3, -0.25) is 4.99 Å². The van der Waals surface area contributed by atoms with Crippen LogP contribution in [0.3, 0.4) is 0 Å². The van der Waals surface area contributed by atoms with E-state index in [1.54, 1.807) is 0 Å². The standard InChI is InChI=1S/C13H26N4O4S/c14-13(17-5-8-20-9-6-17)15-4-10-22(18,19)16-11-12-3-1-2-7-21-12/h12,16H,1-11H2,(H2,14,15). The first-order valence-electron chi connectivity index (χ1n) is 7.78. The highest BCUT2D eigenvalue weighted by atomic mass is 32.2. The van der Waals surface area contributed by atoms with Crippen LogP contribution in [-0.4, -0.2) is 77.1 Å². The topological polar surface area (TPSA) is 106 Å². The molecule has 0 radical (unpaired) electrons. The van der Waals surface area contributed by atoms with E-state index < -0.39 is 10.0 Å². The lowest BCUT2D eigenvalue weighted by Crippen LogP contribution is -2.45. The highest BCUT2D eigenvalue weighted by molar-refractivity contribution is 7.89. The summed E-state index contributed by atoms with van der Waals surface area (Å²) in [5.41, 5.74) is 5.85. The van der Waals surface area contributed by atoms with Crippen molar-refractivity contribution < 1.29 is 17.9 Å². The predicted molar refractivity (Wildman–Crippen MR) is 84.3 cm³/mol. The summed E-state index contributed by atoms with van der Waals surface area (Å²) in [6.07, 6.45) is 3.04. The van der Waals surface area contributed by atoms with Gasteiger partial charge in [-0.25, -0.2) is 13.1 Å². The number of aliphatic imine (C=N–C) groups is 1. The normalized spacial score (nSPS) is 24.5. The molecule has 2 fully saturated rings. The van der Waals surface area contributed by atoms with Crippen molar-refractivity contribution >= 4 is 16.0 Å². The molecule has 2 aliphatic heterocycles. The highest BCUT2D eigenvalue weighted by Gasteiger charge is 2.18. The Bertz CT molecular complexity index is 457. The quantitative estimate of drug-likeness (QED) is 0.483. The monoisotopic (exact) mass is 334 g/mol. The molecule has 0 bridgehead atoms. The van der Waals surface area contributed by atoms with Gasteiger partial charge in [-0.1, -0.05) is 0 Å². The third-order valence-corrected chi connectivity index (χ3v) is 5.10. The van der Waals surface area contributed by atoms with Crippen LogP contribution >= 0.6 is 0 Å². The number of nitrogens with two attached hydrogens (primary N) is 1. The molecule has 0 spiro atoms. The molecule has 2 heterocycles. The van der Waals surface area contributed by atoms with Crippen LogP contribution in [0.4, 0.5) is 0 Å². The van der Waals surface area contributed by atoms with Gasteiger partial charge in [0.15, 0.2) is 5.96 Å². The fourth-order valence-electron chi connectivity index (χ4n) is 2.43. The molecule has 1 atom stereocenters. The third kappa shape index (κ3) is 6.07. The summed E-state index contributed by atoms with van der Waals surface area (Å²) in [6.45, 7) is 3.84. The van der Waals surface area contributed by atoms with Crippen molar-refractivity contribution in [2.24, 2.45) is 10.7 Å². The van der Waals surface area contributed by atoms with E-state index in [4.69, 9.17) is 15.2 Å². The Morgan fingerprint density at radius 2 is 2.05 bits per heavy atom. The van der Waals surface area contributed by atoms with Gasteiger partial charge in [0, 0.05) is 26.2 Å². The van der Waals surface area contributed by atoms with Crippen LogP contribution in [0.1, 0.15) is 19.3 Å². The molecule has 9 heteroatoms. The molecule has 0 amide bonds. The Hall–Kier alpha value is -0.900. The molecular weight excluding hydrogens is 308 g/mol. The van der Waals surface area contributed by atoms with Gasteiger partial charge >= 0.3 is 0 Å². The van der Waals surface area contributed by atoms with Gasteiger partial charge < -0.3 is 20.1 Å². The average molecular weight is 334 g/mol. The van der Waals surface area contributed by atoms with Crippen LogP contribution in [0.5, 0.6) is 0 Å². The Labute approximate surface area is 132 Å². The van der Waals surface area contributed by atoms with E-state index >= 15 is 0 Å². The van der Waals surface area contributed by atoms with Crippen LogP contribution in [0, 0.1) is 0 Å². The van der Waals surface area contributed by atoms with Crippen molar-refractivity contribution in [3.8, 4) is 0 Å². The van der Waals surface area contributed by atoms with Gasteiger partial charge in [-0.05, 0) is 19.3 Å². The fourth-order valence-corrected chi connectivity index (χ4v) is 3.35. The molecule has 0 aromatic heterocycles. The number of sulfonamides is 1. The Balaban J connectivity index is 1.69. The maximum absolute atomic E-state index is 11.9. The number of hydrogen-bond acceptors (Lipinski definition) is 5. The maximum Gasteiger partial charge on any atom is 0.213 e.